The van der Waals surface area contributed by atoms with Gasteiger partial charge in [-0.25, -0.2) is 0 Å². The molecule has 4 nitrogen and oxygen atoms in total. The Kier molecular flexibility index (Phi) is 2.97. The van der Waals surface area contributed by atoms with Crippen LogP contribution in [0, 0.1) is 5.92 Å². The van der Waals surface area contributed by atoms with E-state index in [0.717, 1.165) is 18.4 Å². The normalized spacial score (nSPS) is 26.8. The number of aliphatic carboxylic acids is 1. The van der Waals surface area contributed by atoms with Crippen molar-refractivity contribution in [2.45, 2.75) is 31.3 Å². The maximum atomic E-state index is 12.1. The largest absolute Gasteiger partial charge is 0.481 e. The second-order valence-electron chi connectivity index (χ2n) is 5.15. The van der Waals surface area contributed by atoms with Crippen molar-refractivity contribution in [3.8, 4) is 0 Å². The average Bonchev–Trinajstić information content (AvgIpc) is 3.13. The van der Waals surface area contributed by atoms with Crippen molar-refractivity contribution in [1.82, 2.24) is 4.90 Å². The first-order valence-electron chi connectivity index (χ1n) is 6.38. The quantitative estimate of drug-likeness (QED) is 0.925. The van der Waals surface area contributed by atoms with E-state index < -0.39 is 17.9 Å². The molecule has 1 aliphatic carbocycles. The predicted molar refractivity (Wildman–Crippen MR) is 69.8 cm³/mol. The van der Waals surface area contributed by atoms with Crippen LogP contribution in [0.1, 0.15) is 30.9 Å². The van der Waals surface area contributed by atoms with Gasteiger partial charge >= 0.3 is 5.97 Å². The van der Waals surface area contributed by atoms with Crippen molar-refractivity contribution >= 4 is 23.5 Å². The summed E-state index contributed by atoms with van der Waals surface area (Å²) in [4.78, 5) is 25.2. The molecule has 1 heterocycles. The molecular weight excluding hydrogens is 266 g/mol. The molecule has 0 spiro atoms. The predicted octanol–water partition coefficient (Wildman–Crippen LogP) is 2.48. The summed E-state index contributed by atoms with van der Waals surface area (Å²) < 4.78 is 0. The first kappa shape index (κ1) is 12.5. The van der Waals surface area contributed by atoms with Crippen molar-refractivity contribution in [1.29, 1.82) is 0 Å². The fourth-order valence-electron chi connectivity index (χ4n) is 2.84. The summed E-state index contributed by atoms with van der Waals surface area (Å²) in [6.45, 7) is 0. The molecule has 1 saturated heterocycles. The van der Waals surface area contributed by atoms with E-state index in [1.807, 2.05) is 12.1 Å². The minimum atomic E-state index is -0.929. The molecule has 3 rings (SSSR count). The van der Waals surface area contributed by atoms with E-state index in [1.165, 1.54) is 0 Å². The summed E-state index contributed by atoms with van der Waals surface area (Å²) in [6.07, 6.45) is 1.99. The van der Waals surface area contributed by atoms with Crippen LogP contribution >= 0.6 is 11.6 Å². The molecule has 1 aromatic rings. The monoisotopic (exact) mass is 279 g/mol. The molecule has 2 aliphatic rings. The molecule has 1 N–H and O–H groups in total. The van der Waals surface area contributed by atoms with Crippen molar-refractivity contribution in [3.63, 3.8) is 0 Å². The zero-order valence-electron chi connectivity index (χ0n) is 10.3. The van der Waals surface area contributed by atoms with E-state index in [4.69, 9.17) is 11.6 Å². The molecule has 0 aromatic heterocycles. The molecule has 1 aromatic carbocycles. The summed E-state index contributed by atoms with van der Waals surface area (Å²) in [7, 11) is 0. The van der Waals surface area contributed by atoms with Gasteiger partial charge in [0.25, 0.3) is 0 Å². The Morgan fingerprint density at radius 3 is 2.58 bits per heavy atom. The molecule has 0 radical (unpaired) electrons. The smallest absolute Gasteiger partial charge is 0.309 e. The standard InChI is InChI=1S/C14H14ClNO3/c15-11-4-2-1-3-9(11)13-10(14(18)19)7-12(17)16(13)8-5-6-8/h1-4,8,10,13H,5-7H2,(H,18,19)/t10-,13+/m0/s1. The number of carboxylic acid groups (broad SMARTS) is 1. The lowest BCUT2D eigenvalue weighted by atomic mass is 9.93. The Bertz CT molecular complexity index is 541. The SMILES string of the molecule is O=C(O)[C@H]1CC(=O)N(C2CC2)[C@@H]1c1ccccc1Cl. The van der Waals surface area contributed by atoms with Gasteiger partial charge in [0, 0.05) is 17.5 Å². The van der Waals surface area contributed by atoms with Crippen LogP contribution < -0.4 is 0 Å². The fourth-order valence-corrected chi connectivity index (χ4v) is 3.09. The van der Waals surface area contributed by atoms with E-state index in [9.17, 15) is 14.7 Å². The molecule has 19 heavy (non-hydrogen) atoms. The van der Waals surface area contributed by atoms with Crippen LogP contribution in [-0.4, -0.2) is 27.9 Å². The van der Waals surface area contributed by atoms with Crippen molar-refractivity contribution in [3.05, 3.63) is 34.9 Å². The highest BCUT2D eigenvalue weighted by molar-refractivity contribution is 6.31. The van der Waals surface area contributed by atoms with Gasteiger partial charge < -0.3 is 10.0 Å². The molecule has 0 bridgehead atoms. The van der Waals surface area contributed by atoms with Crippen LogP contribution in [0.3, 0.4) is 0 Å². The van der Waals surface area contributed by atoms with Crippen LogP contribution in [0.4, 0.5) is 0 Å². The lowest BCUT2D eigenvalue weighted by molar-refractivity contribution is -0.142. The number of carbonyl (C=O) groups excluding carboxylic acids is 1. The zero-order valence-corrected chi connectivity index (χ0v) is 11.0. The molecule has 2 fully saturated rings. The average molecular weight is 280 g/mol. The molecule has 1 saturated carbocycles. The van der Waals surface area contributed by atoms with Gasteiger partial charge in [0.15, 0.2) is 0 Å². The zero-order chi connectivity index (χ0) is 13.6. The maximum Gasteiger partial charge on any atom is 0.309 e. The van der Waals surface area contributed by atoms with Crippen LogP contribution in [0.5, 0.6) is 0 Å². The molecule has 100 valence electrons. The summed E-state index contributed by atoms with van der Waals surface area (Å²) >= 11 is 6.18. The van der Waals surface area contributed by atoms with Crippen LogP contribution in [0.15, 0.2) is 24.3 Å². The molecule has 2 atom stereocenters. The Balaban J connectivity index is 2.04. The third-order valence-electron chi connectivity index (χ3n) is 3.84. The van der Waals surface area contributed by atoms with E-state index in [0.29, 0.717) is 5.02 Å². The number of carboxylic acids is 1. The Labute approximate surface area is 116 Å². The summed E-state index contributed by atoms with van der Waals surface area (Å²) in [5.41, 5.74) is 0.745. The van der Waals surface area contributed by atoms with Crippen molar-refractivity contribution in [2.24, 2.45) is 5.92 Å². The Morgan fingerprint density at radius 2 is 2.00 bits per heavy atom. The fraction of sp³-hybridized carbons (Fsp3) is 0.429. The van der Waals surface area contributed by atoms with E-state index >= 15 is 0 Å². The first-order chi connectivity index (χ1) is 9.09. The minimum absolute atomic E-state index is 0.0696. The Hall–Kier alpha value is -1.55. The number of benzene rings is 1. The second kappa shape index (κ2) is 4.53. The topological polar surface area (TPSA) is 57.6 Å². The van der Waals surface area contributed by atoms with E-state index in [-0.39, 0.29) is 18.4 Å². The first-order valence-corrected chi connectivity index (χ1v) is 6.76. The number of amides is 1. The van der Waals surface area contributed by atoms with Crippen LogP contribution in [-0.2, 0) is 9.59 Å². The van der Waals surface area contributed by atoms with E-state index in [2.05, 4.69) is 0 Å². The molecule has 1 amide bonds. The molecule has 5 heteroatoms. The van der Waals surface area contributed by atoms with E-state index in [1.54, 1.807) is 17.0 Å². The van der Waals surface area contributed by atoms with Gasteiger partial charge in [-0.05, 0) is 24.5 Å². The third kappa shape index (κ3) is 2.10. The summed E-state index contributed by atoms with van der Waals surface area (Å²) in [6, 6.07) is 6.96. The number of nitrogens with zero attached hydrogens (tertiary/aromatic N) is 1. The number of likely N-dealkylation sites (tertiary alicyclic amines) is 1. The Morgan fingerprint density at radius 1 is 1.32 bits per heavy atom. The van der Waals surface area contributed by atoms with Gasteiger partial charge in [0.05, 0.1) is 12.0 Å². The van der Waals surface area contributed by atoms with Crippen molar-refractivity contribution < 1.29 is 14.7 Å². The van der Waals surface area contributed by atoms with Crippen molar-refractivity contribution in [2.75, 3.05) is 0 Å². The number of carbonyl (C=O) groups is 2. The summed E-state index contributed by atoms with van der Waals surface area (Å²) in [5, 5.41) is 9.88. The molecule has 1 aliphatic heterocycles. The van der Waals surface area contributed by atoms with Gasteiger partial charge in [-0.1, -0.05) is 29.8 Å². The lowest BCUT2D eigenvalue weighted by Crippen LogP contribution is -2.32. The van der Waals surface area contributed by atoms with Crippen LogP contribution in [0.25, 0.3) is 0 Å². The number of hydrogen-bond acceptors (Lipinski definition) is 2. The van der Waals surface area contributed by atoms with Gasteiger partial charge in [-0.2, -0.15) is 0 Å². The third-order valence-corrected chi connectivity index (χ3v) is 4.19. The molecular formula is C14H14ClNO3. The van der Waals surface area contributed by atoms with Gasteiger partial charge in [-0.15, -0.1) is 0 Å². The lowest BCUT2D eigenvalue weighted by Gasteiger charge is -2.28. The van der Waals surface area contributed by atoms with Gasteiger partial charge in [-0.3, -0.25) is 9.59 Å². The van der Waals surface area contributed by atoms with Gasteiger partial charge in [0.2, 0.25) is 5.91 Å². The summed E-state index contributed by atoms with van der Waals surface area (Å²) in [5.74, 6) is -1.70. The van der Waals surface area contributed by atoms with Gasteiger partial charge in [0.1, 0.15) is 0 Å². The number of hydrogen-bond donors (Lipinski definition) is 1. The molecule has 0 unspecified atom stereocenters. The highest BCUT2D eigenvalue weighted by Gasteiger charge is 2.50. The second-order valence-corrected chi connectivity index (χ2v) is 5.55. The maximum absolute atomic E-state index is 12.1. The highest BCUT2D eigenvalue weighted by Crippen LogP contribution is 2.46. The highest BCUT2D eigenvalue weighted by atomic mass is 35.5. The minimum Gasteiger partial charge on any atom is -0.481 e. The number of rotatable bonds is 3. The number of halogens is 1. The van der Waals surface area contributed by atoms with Crippen LogP contribution in [0.2, 0.25) is 5.02 Å².